The van der Waals surface area contributed by atoms with Crippen molar-refractivity contribution >= 4 is 20.0 Å². The van der Waals surface area contributed by atoms with E-state index in [1.165, 1.54) is 31.7 Å². The van der Waals surface area contributed by atoms with Crippen molar-refractivity contribution in [2.75, 3.05) is 13.7 Å². The number of rotatable bonds is 9. The molecule has 0 aromatic carbocycles. The molecule has 12 heteroatoms. The van der Waals surface area contributed by atoms with E-state index >= 15 is 0 Å². The normalized spacial score (nSPS) is 22.1. The summed E-state index contributed by atoms with van der Waals surface area (Å²) in [5.41, 5.74) is -0.879. The molecule has 0 spiro atoms. The van der Waals surface area contributed by atoms with Crippen LogP contribution in [0.15, 0.2) is 15.8 Å². The zero-order valence-electron chi connectivity index (χ0n) is 15.7. The summed E-state index contributed by atoms with van der Waals surface area (Å²) in [6, 6.07) is 0. The van der Waals surface area contributed by atoms with Crippen LogP contribution in [0.4, 0.5) is 0 Å². The van der Waals surface area contributed by atoms with Crippen LogP contribution >= 0.6 is 8.25 Å². The minimum Gasteiger partial charge on any atom is -0.459 e. The Labute approximate surface area is 160 Å². The van der Waals surface area contributed by atoms with E-state index in [1.807, 2.05) is 0 Å². The number of aryl methyl sites for hydroxylation is 1. The SMILES string of the molecule is CO[P+](=O)OC[C@H]1O[C@@H](n2cc(C)c(=O)[nH]c2=O)C[C@@H]1OC(=O)CCC(C)=O. The minimum atomic E-state index is -2.36. The van der Waals surface area contributed by atoms with Gasteiger partial charge in [0.25, 0.3) is 5.56 Å². The number of hydrogen-bond donors (Lipinski definition) is 1. The molecule has 4 atom stereocenters. The summed E-state index contributed by atoms with van der Waals surface area (Å²) in [6.45, 7) is 2.69. The molecule has 2 rings (SSSR count). The largest absolute Gasteiger partial charge is 0.697 e. The van der Waals surface area contributed by atoms with Gasteiger partial charge in [-0.3, -0.25) is 19.1 Å². The van der Waals surface area contributed by atoms with Crippen molar-refractivity contribution in [2.24, 2.45) is 0 Å². The van der Waals surface area contributed by atoms with Crippen molar-refractivity contribution in [1.29, 1.82) is 0 Å². The van der Waals surface area contributed by atoms with Crippen LogP contribution in [0.2, 0.25) is 0 Å². The van der Waals surface area contributed by atoms with Gasteiger partial charge in [-0.1, -0.05) is 0 Å². The highest BCUT2D eigenvalue weighted by molar-refractivity contribution is 7.33. The van der Waals surface area contributed by atoms with Gasteiger partial charge in [0.2, 0.25) is 0 Å². The number of aromatic nitrogens is 2. The van der Waals surface area contributed by atoms with Gasteiger partial charge in [0.1, 0.15) is 30.8 Å². The van der Waals surface area contributed by atoms with E-state index in [0.717, 1.165) is 0 Å². The molecule has 1 aliphatic heterocycles. The molecule has 0 aliphatic carbocycles. The summed E-state index contributed by atoms with van der Waals surface area (Å²) in [5, 5.41) is 0. The third-order valence-electron chi connectivity index (χ3n) is 4.09. The van der Waals surface area contributed by atoms with Gasteiger partial charge in [0.05, 0.1) is 13.5 Å². The predicted octanol–water partition coefficient (Wildman–Crippen LogP) is 0.734. The smallest absolute Gasteiger partial charge is 0.459 e. The summed E-state index contributed by atoms with van der Waals surface area (Å²) in [6.07, 6.45) is -1.04. The topological polar surface area (TPSA) is 143 Å². The number of carbonyl (C=O) groups is 2. The number of carbonyl (C=O) groups excluding carboxylic acids is 2. The molecule has 1 saturated heterocycles. The zero-order chi connectivity index (χ0) is 20.8. The van der Waals surface area contributed by atoms with Crippen molar-refractivity contribution in [2.45, 2.75) is 51.5 Å². The van der Waals surface area contributed by atoms with Gasteiger partial charge in [0, 0.05) is 29.2 Å². The van der Waals surface area contributed by atoms with Crippen molar-refractivity contribution < 1.29 is 32.7 Å². The first-order valence-corrected chi connectivity index (χ1v) is 9.61. The molecule has 0 bridgehead atoms. The van der Waals surface area contributed by atoms with Gasteiger partial charge in [-0.05, 0) is 13.8 Å². The highest BCUT2D eigenvalue weighted by Crippen LogP contribution is 2.33. The lowest BCUT2D eigenvalue weighted by atomic mass is 10.1. The number of nitrogens with one attached hydrogen (secondary N) is 1. The van der Waals surface area contributed by atoms with E-state index in [9.17, 15) is 23.7 Å². The third kappa shape index (κ3) is 5.90. The molecule has 28 heavy (non-hydrogen) atoms. The molecular formula is C16H22N2O9P+. The summed E-state index contributed by atoms with van der Waals surface area (Å²) in [4.78, 5) is 48.8. The van der Waals surface area contributed by atoms with Crippen LogP contribution < -0.4 is 11.2 Å². The summed E-state index contributed by atoms with van der Waals surface area (Å²) in [5.74, 6) is -0.750. The van der Waals surface area contributed by atoms with Crippen LogP contribution in [0, 0.1) is 6.92 Å². The van der Waals surface area contributed by atoms with E-state index in [-0.39, 0.29) is 31.7 Å². The first-order chi connectivity index (χ1) is 13.2. The maximum atomic E-state index is 12.1. The van der Waals surface area contributed by atoms with Crippen LogP contribution in [0.1, 0.15) is 38.0 Å². The Balaban J connectivity index is 2.16. The number of aromatic amines is 1. The molecule has 2 heterocycles. The van der Waals surface area contributed by atoms with Gasteiger partial charge in [-0.25, -0.2) is 4.79 Å². The quantitative estimate of drug-likeness (QED) is 0.454. The van der Waals surface area contributed by atoms with Gasteiger partial charge >= 0.3 is 19.9 Å². The summed E-state index contributed by atoms with van der Waals surface area (Å²) < 4.78 is 33.2. The molecule has 0 radical (unpaired) electrons. The third-order valence-corrected chi connectivity index (χ3v) is 4.75. The Bertz CT molecular complexity index is 862. The van der Waals surface area contributed by atoms with Crippen molar-refractivity contribution in [1.82, 2.24) is 9.55 Å². The number of esters is 1. The van der Waals surface area contributed by atoms with Crippen LogP contribution in [0.3, 0.4) is 0 Å². The lowest BCUT2D eigenvalue weighted by molar-refractivity contribution is -0.153. The van der Waals surface area contributed by atoms with Gasteiger partial charge in [-0.15, -0.1) is 9.05 Å². The van der Waals surface area contributed by atoms with Crippen LogP contribution in [0.5, 0.6) is 0 Å². The second-order valence-electron chi connectivity index (χ2n) is 6.28. The standard InChI is InChI=1S/C16H21N2O9P/c1-9-7-18(16(22)17-15(9)21)13-6-11(27-14(20)5-4-10(2)19)12(26-13)8-25-28(23)24-3/h7,11-13H,4-6,8H2,1-3H3/p+1/t11-,12+,13+/m0/s1. The number of H-pyrrole nitrogens is 1. The maximum absolute atomic E-state index is 12.1. The molecular weight excluding hydrogens is 395 g/mol. The second kappa shape index (κ2) is 9.83. The average Bonchev–Trinajstić information content (AvgIpc) is 3.03. The molecule has 1 N–H and O–H groups in total. The number of ketones is 1. The number of hydrogen-bond acceptors (Lipinski definition) is 9. The Kier molecular flexibility index (Phi) is 7.76. The fourth-order valence-electron chi connectivity index (χ4n) is 2.64. The van der Waals surface area contributed by atoms with E-state index in [4.69, 9.17) is 14.0 Å². The van der Waals surface area contributed by atoms with E-state index in [0.29, 0.717) is 5.56 Å². The van der Waals surface area contributed by atoms with Crippen LogP contribution in [-0.2, 0) is 32.7 Å². The van der Waals surface area contributed by atoms with Crippen LogP contribution in [-0.4, -0.2) is 47.2 Å². The van der Waals surface area contributed by atoms with Crippen molar-refractivity contribution in [3.63, 3.8) is 0 Å². The highest BCUT2D eigenvalue weighted by Gasteiger charge is 2.41. The Morgan fingerprint density at radius 3 is 2.71 bits per heavy atom. The zero-order valence-corrected chi connectivity index (χ0v) is 16.6. The molecule has 0 amide bonds. The lowest BCUT2D eigenvalue weighted by Gasteiger charge is -2.16. The second-order valence-corrected chi connectivity index (χ2v) is 7.35. The number of Topliss-reactive ketones (excluding diaryl/α,β-unsaturated/α-hetero) is 1. The lowest BCUT2D eigenvalue weighted by Crippen LogP contribution is -2.33. The Hall–Kier alpha value is -2.20. The fourth-order valence-corrected chi connectivity index (χ4v) is 3.01. The number of nitrogens with zero attached hydrogens (tertiary/aromatic N) is 1. The van der Waals surface area contributed by atoms with Crippen LogP contribution in [0.25, 0.3) is 0 Å². The minimum absolute atomic E-state index is 0.0467. The molecule has 11 nitrogen and oxygen atoms in total. The first kappa shape index (κ1) is 22.1. The van der Waals surface area contributed by atoms with Gasteiger partial charge < -0.3 is 14.3 Å². The first-order valence-electron chi connectivity index (χ1n) is 8.52. The molecule has 1 aliphatic rings. The van der Waals surface area contributed by atoms with E-state index < -0.39 is 43.9 Å². The maximum Gasteiger partial charge on any atom is 0.697 e. The highest BCUT2D eigenvalue weighted by atomic mass is 31.1. The molecule has 1 fully saturated rings. The molecule has 1 aromatic heterocycles. The fraction of sp³-hybridized carbons (Fsp3) is 0.625. The van der Waals surface area contributed by atoms with E-state index in [2.05, 4.69) is 9.51 Å². The summed E-state index contributed by atoms with van der Waals surface area (Å²) >= 11 is 0. The Morgan fingerprint density at radius 2 is 2.07 bits per heavy atom. The van der Waals surface area contributed by atoms with Crippen molar-refractivity contribution in [3.8, 4) is 0 Å². The van der Waals surface area contributed by atoms with E-state index in [1.54, 1.807) is 0 Å². The number of ether oxygens (including phenoxy) is 2. The van der Waals surface area contributed by atoms with Gasteiger partial charge in [-0.2, -0.15) is 0 Å². The predicted molar refractivity (Wildman–Crippen MR) is 94.9 cm³/mol. The monoisotopic (exact) mass is 417 g/mol. The van der Waals surface area contributed by atoms with Crippen molar-refractivity contribution in [3.05, 3.63) is 32.6 Å². The molecule has 0 saturated carbocycles. The van der Waals surface area contributed by atoms with Gasteiger partial charge in [0.15, 0.2) is 0 Å². The molecule has 154 valence electrons. The molecule has 1 unspecified atom stereocenters. The molecule has 1 aromatic rings. The Morgan fingerprint density at radius 1 is 1.36 bits per heavy atom. The average molecular weight is 417 g/mol. The summed E-state index contributed by atoms with van der Waals surface area (Å²) in [7, 11) is -1.16.